The largest absolute Gasteiger partial charge is 0.361 e. The molecule has 2 aromatic rings. The van der Waals surface area contributed by atoms with E-state index in [0.717, 1.165) is 6.04 Å². The summed E-state index contributed by atoms with van der Waals surface area (Å²) in [4.78, 5) is 14.8. The molecule has 0 spiro atoms. The van der Waals surface area contributed by atoms with Gasteiger partial charge in [0.05, 0.1) is 14.9 Å². The van der Waals surface area contributed by atoms with Gasteiger partial charge in [0.2, 0.25) is 5.82 Å². The third-order valence-corrected chi connectivity index (χ3v) is 5.63. The highest BCUT2D eigenvalue weighted by Crippen LogP contribution is 2.29. The number of nitro groups is 1. The van der Waals surface area contributed by atoms with Gasteiger partial charge >= 0.3 is 0 Å². The molecule has 1 aromatic heterocycles. The van der Waals surface area contributed by atoms with E-state index in [0.29, 0.717) is 22.1 Å². The minimum atomic E-state index is -1.20. The van der Waals surface area contributed by atoms with E-state index < -0.39 is 13.0 Å². The fraction of sp³-hybridized carbons (Fsp3) is 0.429. The summed E-state index contributed by atoms with van der Waals surface area (Å²) in [5, 5.41) is 20.3. The van der Waals surface area contributed by atoms with Gasteiger partial charge in [-0.15, -0.1) is 0 Å². The Balaban J connectivity index is 2.33. The zero-order chi connectivity index (χ0) is 17.2. The minimum Gasteiger partial charge on any atom is -0.361 e. The highest BCUT2D eigenvalue weighted by atomic mass is 79.9. The van der Waals surface area contributed by atoms with Crippen LogP contribution in [0.3, 0.4) is 0 Å². The highest BCUT2D eigenvalue weighted by Gasteiger charge is 2.18. The van der Waals surface area contributed by atoms with Crippen molar-refractivity contribution < 1.29 is 9.66 Å². The molecule has 0 aliphatic rings. The molecule has 0 unspecified atom stereocenters. The summed E-state index contributed by atoms with van der Waals surface area (Å²) in [5.74, 6) is 0.175. The third-order valence-electron chi connectivity index (χ3n) is 3.32. The molecule has 7 nitrogen and oxygen atoms in total. The number of nitrogens with zero attached hydrogens (tertiary/aromatic N) is 4. The van der Waals surface area contributed by atoms with E-state index in [1.54, 1.807) is 4.57 Å². The van der Waals surface area contributed by atoms with Crippen molar-refractivity contribution in [3.05, 3.63) is 32.5 Å². The van der Waals surface area contributed by atoms with Crippen molar-refractivity contribution in [1.82, 2.24) is 9.55 Å². The van der Waals surface area contributed by atoms with E-state index in [2.05, 4.69) is 40.6 Å². The maximum atomic E-state index is 11.0. The summed E-state index contributed by atoms with van der Waals surface area (Å²) in [6.45, 7) is 7.51. The second kappa shape index (κ2) is 6.78. The van der Waals surface area contributed by atoms with Crippen LogP contribution in [0.2, 0.25) is 25.7 Å². The zero-order valence-corrected chi connectivity index (χ0v) is 15.8. The number of nitriles is 1. The molecular weight excluding hydrogens is 380 g/mol. The Labute approximate surface area is 143 Å². The maximum Gasteiger partial charge on any atom is 0.272 e. The maximum absolute atomic E-state index is 11.0. The Kier molecular flexibility index (Phi) is 5.18. The predicted molar refractivity (Wildman–Crippen MR) is 92.9 cm³/mol. The molecule has 122 valence electrons. The molecule has 0 aliphatic carbocycles. The summed E-state index contributed by atoms with van der Waals surface area (Å²) in [7, 11) is -1.20. The van der Waals surface area contributed by atoms with Crippen molar-refractivity contribution in [3.63, 3.8) is 0 Å². The summed E-state index contributed by atoms with van der Waals surface area (Å²) in [5.41, 5.74) is 0.966. The molecular formula is C14H17BrN4O3Si. The van der Waals surface area contributed by atoms with E-state index >= 15 is 0 Å². The molecule has 1 heterocycles. The molecule has 1 aromatic carbocycles. The minimum absolute atomic E-state index is 0.0582. The average Bonchev–Trinajstić information content (AvgIpc) is 2.81. The summed E-state index contributed by atoms with van der Waals surface area (Å²) in [6.07, 6.45) is 0. The normalized spacial score (nSPS) is 11.6. The van der Waals surface area contributed by atoms with Crippen LogP contribution in [0.15, 0.2) is 16.6 Å². The predicted octanol–water partition coefficient (Wildman–Crippen LogP) is 3.89. The molecule has 9 heteroatoms. The van der Waals surface area contributed by atoms with Crippen LogP contribution in [-0.2, 0) is 11.5 Å². The van der Waals surface area contributed by atoms with Gasteiger partial charge in [0.1, 0.15) is 18.3 Å². The van der Waals surface area contributed by atoms with Crippen molar-refractivity contribution in [2.75, 3.05) is 6.61 Å². The number of ether oxygens (including phenoxy) is 1. The van der Waals surface area contributed by atoms with Crippen molar-refractivity contribution in [2.45, 2.75) is 32.4 Å². The number of halogens is 1. The van der Waals surface area contributed by atoms with Crippen LogP contribution in [0.5, 0.6) is 0 Å². The van der Waals surface area contributed by atoms with E-state index in [1.165, 1.54) is 12.1 Å². The first kappa shape index (κ1) is 17.6. The second-order valence-electron chi connectivity index (χ2n) is 6.38. The van der Waals surface area contributed by atoms with Crippen LogP contribution >= 0.6 is 15.9 Å². The van der Waals surface area contributed by atoms with Gasteiger partial charge in [-0.05, 0) is 22.0 Å². The first-order chi connectivity index (χ1) is 10.7. The number of non-ortho nitro benzene ring substituents is 1. The lowest BCUT2D eigenvalue weighted by Crippen LogP contribution is -2.22. The first-order valence-electron chi connectivity index (χ1n) is 7.05. The number of fused-ring (bicyclic) bond motifs is 1. The zero-order valence-electron chi connectivity index (χ0n) is 13.2. The van der Waals surface area contributed by atoms with Crippen LogP contribution < -0.4 is 0 Å². The van der Waals surface area contributed by atoms with Gasteiger partial charge < -0.3 is 4.74 Å². The number of rotatable bonds is 6. The lowest BCUT2D eigenvalue weighted by Gasteiger charge is -2.15. The van der Waals surface area contributed by atoms with E-state index in [-0.39, 0.29) is 18.2 Å². The number of hydrogen-bond donors (Lipinski definition) is 0. The topological polar surface area (TPSA) is 94.0 Å². The number of aromatic nitrogens is 2. The standard InChI is InChI=1S/C14H17BrN4O3Si/c1-23(2,3)5-4-22-9-18-12-7-10(19(20)21)6-11(15)14(12)17-13(18)8-16/h6-7H,4-5,9H2,1-3H3. The first-order valence-corrected chi connectivity index (χ1v) is 11.5. The third kappa shape index (κ3) is 4.16. The molecule has 0 amide bonds. The Morgan fingerprint density at radius 2 is 2.17 bits per heavy atom. The molecule has 0 saturated heterocycles. The lowest BCUT2D eigenvalue weighted by atomic mass is 10.3. The number of imidazole rings is 1. The van der Waals surface area contributed by atoms with Crippen LogP contribution in [0, 0.1) is 21.4 Å². The van der Waals surface area contributed by atoms with Gasteiger partial charge in [0.15, 0.2) is 0 Å². The fourth-order valence-electron chi connectivity index (χ4n) is 2.02. The number of nitro benzene ring substituents is 1. The van der Waals surface area contributed by atoms with Gasteiger partial charge in [-0.3, -0.25) is 14.7 Å². The Morgan fingerprint density at radius 3 is 2.74 bits per heavy atom. The van der Waals surface area contributed by atoms with Gasteiger partial charge in [-0.2, -0.15) is 5.26 Å². The van der Waals surface area contributed by atoms with Crippen molar-refractivity contribution >= 4 is 40.7 Å². The van der Waals surface area contributed by atoms with E-state index in [4.69, 9.17) is 4.74 Å². The molecule has 0 bridgehead atoms. The summed E-state index contributed by atoms with van der Waals surface area (Å²) >= 11 is 3.28. The van der Waals surface area contributed by atoms with Crippen molar-refractivity contribution in [3.8, 4) is 6.07 Å². The fourth-order valence-corrected chi connectivity index (χ4v) is 3.31. The monoisotopic (exact) mass is 396 g/mol. The summed E-state index contributed by atoms with van der Waals surface area (Å²) in [6, 6.07) is 5.81. The van der Waals surface area contributed by atoms with E-state index in [9.17, 15) is 15.4 Å². The Morgan fingerprint density at radius 1 is 1.48 bits per heavy atom. The second-order valence-corrected chi connectivity index (χ2v) is 12.9. The van der Waals surface area contributed by atoms with Crippen molar-refractivity contribution in [1.29, 1.82) is 5.26 Å². The number of hydrogen-bond acceptors (Lipinski definition) is 5. The SMILES string of the molecule is C[Si](C)(C)CCOCn1c(C#N)nc2c(Br)cc([N+](=O)[O-])cc21. The molecule has 0 fully saturated rings. The van der Waals surface area contributed by atoms with Crippen LogP contribution in [0.25, 0.3) is 11.0 Å². The van der Waals surface area contributed by atoms with Crippen LogP contribution in [0.4, 0.5) is 5.69 Å². The smallest absolute Gasteiger partial charge is 0.272 e. The van der Waals surface area contributed by atoms with E-state index in [1.807, 2.05) is 6.07 Å². The highest BCUT2D eigenvalue weighted by molar-refractivity contribution is 9.10. The van der Waals surface area contributed by atoms with Crippen molar-refractivity contribution in [2.24, 2.45) is 0 Å². The molecule has 2 rings (SSSR count). The Bertz CT molecular complexity index is 792. The summed E-state index contributed by atoms with van der Waals surface area (Å²) < 4.78 is 7.72. The quantitative estimate of drug-likeness (QED) is 0.319. The van der Waals surface area contributed by atoms with Gasteiger partial charge in [-0.1, -0.05) is 19.6 Å². The van der Waals surface area contributed by atoms with Gasteiger partial charge in [0.25, 0.3) is 5.69 Å². The molecule has 23 heavy (non-hydrogen) atoms. The molecule has 0 radical (unpaired) electrons. The Hall–Kier alpha value is -1.76. The van der Waals surface area contributed by atoms with Crippen LogP contribution in [-0.4, -0.2) is 29.2 Å². The van der Waals surface area contributed by atoms with Gasteiger partial charge in [0, 0.05) is 26.8 Å². The molecule has 0 atom stereocenters. The average molecular weight is 397 g/mol. The molecule has 0 N–H and O–H groups in total. The molecule has 0 aliphatic heterocycles. The van der Waals surface area contributed by atoms with Gasteiger partial charge in [-0.25, -0.2) is 4.98 Å². The molecule has 0 saturated carbocycles. The number of benzene rings is 1. The lowest BCUT2D eigenvalue weighted by molar-refractivity contribution is -0.384. The van der Waals surface area contributed by atoms with Crippen LogP contribution in [0.1, 0.15) is 5.82 Å².